The molecule has 16 heavy (non-hydrogen) atoms. The summed E-state index contributed by atoms with van der Waals surface area (Å²) in [6, 6.07) is 7.43. The van der Waals surface area contributed by atoms with Gasteiger partial charge in [0.25, 0.3) is 0 Å². The lowest BCUT2D eigenvalue weighted by molar-refractivity contribution is -0.300. The first-order chi connectivity index (χ1) is 7.61. The number of carbonyl (C=O) groups excluding carboxylic acids is 2. The summed E-state index contributed by atoms with van der Waals surface area (Å²) in [6.07, 6.45) is 1.66. The second kappa shape index (κ2) is 3.81. The van der Waals surface area contributed by atoms with Crippen molar-refractivity contribution in [1.82, 2.24) is 4.98 Å². The van der Waals surface area contributed by atoms with E-state index >= 15 is 0 Å². The maximum atomic E-state index is 11.3. The van der Waals surface area contributed by atoms with Crippen molar-refractivity contribution in [3.63, 3.8) is 0 Å². The zero-order chi connectivity index (χ0) is 11.7. The summed E-state index contributed by atoms with van der Waals surface area (Å²) in [5.41, 5.74) is 1.57. The van der Waals surface area contributed by atoms with E-state index in [2.05, 4.69) is 4.98 Å². The molecule has 0 aliphatic heterocycles. The Hall–Kier alpha value is -2.10. The highest BCUT2D eigenvalue weighted by Crippen LogP contribution is 2.25. The van der Waals surface area contributed by atoms with E-state index in [1.54, 1.807) is 13.1 Å². The number of nitrogens with one attached hydrogen (secondary N) is 1. The molecular formula is C12H10NO3-. The minimum Gasteiger partial charge on any atom is -0.542 e. The van der Waals surface area contributed by atoms with E-state index in [9.17, 15) is 14.7 Å². The molecule has 0 unspecified atom stereocenters. The molecular weight excluding hydrogens is 206 g/mol. The number of carbonyl (C=O) groups is 2. The van der Waals surface area contributed by atoms with Crippen molar-refractivity contribution >= 4 is 22.7 Å². The van der Waals surface area contributed by atoms with Crippen molar-refractivity contribution in [2.24, 2.45) is 0 Å². The minimum atomic E-state index is -1.64. The second-order valence-electron chi connectivity index (χ2n) is 3.66. The molecule has 2 rings (SSSR count). The van der Waals surface area contributed by atoms with Crippen LogP contribution in [0.15, 0.2) is 30.5 Å². The number of carboxylic acid groups (broad SMARTS) is 1. The molecule has 0 amide bonds. The Bertz CT molecular complexity index is 556. The molecule has 82 valence electrons. The number of para-hydroxylation sites is 1. The van der Waals surface area contributed by atoms with Gasteiger partial charge in [-0.05, 0) is 11.6 Å². The molecule has 1 aromatic heterocycles. The Labute approximate surface area is 91.9 Å². The van der Waals surface area contributed by atoms with Gasteiger partial charge in [0.2, 0.25) is 0 Å². The first-order valence-electron chi connectivity index (χ1n) is 4.92. The first kappa shape index (κ1) is 10.4. The average molecular weight is 216 g/mol. The van der Waals surface area contributed by atoms with Gasteiger partial charge in [-0.15, -0.1) is 0 Å². The predicted molar refractivity (Wildman–Crippen MR) is 56.7 cm³/mol. The van der Waals surface area contributed by atoms with Gasteiger partial charge in [-0.1, -0.05) is 25.1 Å². The van der Waals surface area contributed by atoms with Crippen LogP contribution in [0.4, 0.5) is 0 Å². The normalized spacial score (nSPS) is 12.6. The molecule has 2 aromatic rings. The predicted octanol–water partition coefficient (Wildman–Crippen LogP) is 0.590. The summed E-state index contributed by atoms with van der Waals surface area (Å²) in [6.45, 7) is 1.56. The highest BCUT2D eigenvalue weighted by Gasteiger charge is 2.19. The third kappa shape index (κ3) is 1.58. The number of rotatable bonds is 3. The van der Waals surface area contributed by atoms with E-state index in [1.165, 1.54) is 0 Å². The number of ketones is 1. The fraction of sp³-hybridized carbons (Fsp3) is 0.167. The number of aliphatic carboxylic acids is 1. The number of carboxylic acids is 1. The molecule has 1 N–H and O–H groups in total. The molecule has 4 heteroatoms. The lowest BCUT2D eigenvalue weighted by Crippen LogP contribution is -2.34. The van der Waals surface area contributed by atoms with E-state index in [0.29, 0.717) is 5.56 Å². The van der Waals surface area contributed by atoms with Crippen LogP contribution >= 0.6 is 0 Å². The van der Waals surface area contributed by atoms with Crippen LogP contribution < -0.4 is 5.11 Å². The number of fused-ring (bicyclic) bond motifs is 1. The number of hydrogen-bond donors (Lipinski definition) is 1. The van der Waals surface area contributed by atoms with Crippen molar-refractivity contribution in [2.75, 3.05) is 0 Å². The van der Waals surface area contributed by atoms with Gasteiger partial charge in [0.1, 0.15) is 5.97 Å². The number of benzene rings is 1. The maximum Gasteiger partial charge on any atom is 0.185 e. The standard InChI is InChI=1S/C12H11NO3/c1-7(11(14)12(15)16)9-6-13-10-5-3-2-4-8(9)10/h2-7,13H,1H3,(H,15,16)/p-1/t7-/m0/s1. The summed E-state index contributed by atoms with van der Waals surface area (Å²) < 4.78 is 0. The van der Waals surface area contributed by atoms with Crippen LogP contribution in [0.2, 0.25) is 0 Å². The summed E-state index contributed by atoms with van der Waals surface area (Å²) in [5, 5.41) is 11.4. The molecule has 1 aromatic carbocycles. The smallest absolute Gasteiger partial charge is 0.185 e. The van der Waals surface area contributed by atoms with Crippen molar-refractivity contribution in [3.05, 3.63) is 36.0 Å². The van der Waals surface area contributed by atoms with Gasteiger partial charge < -0.3 is 14.9 Å². The van der Waals surface area contributed by atoms with Gasteiger partial charge in [-0.2, -0.15) is 0 Å². The molecule has 0 aliphatic rings. The Kier molecular flexibility index (Phi) is 2.48. The number of Topliss-reactive ketones (excluding diaryl/α,β-unsaturated/α-hetero) is 1. The summed E-state index contributed by atoms with van der Waals surface area (Å²) >= 11 is 0. The van der Waals surface area contributed by atoms with Crippen LogP contribution in [-0.2, 0) is 9.59 Å². The quantitative estimate of drug-likeness (QED) is 0.763. The number of aromatic nitrogens is 1. The molecule has 0 saturated heterocycles. The molecule has 0 bridgehead atoms. The summed E-state index contributed by atoms with van der Waals surface area (Å²) in [5.74, 6) is -3.23. The van der Waals surface area contributed by atoms with Gasteiger partial charge in [-0.25, -0.2) is 0 Å². The Morgan fingerprint density at radius 1 is 1.31 bits per heavy atom. The zero-order valence-corrected chi connectivity index (χ0v) is 8.69. The minimum absolute atomic E-state index is 0.685. The Morgan fingerprint density at radius 3 is 2.69 bits per heavy atom. The van der Waals surface area contributed by atoms with Gasteiger partial charge in [-0.3, -0.25) is 4.79 Å². The highest BCUT2D eigenvalue weighted by atomic mass is 16.4. The fourth-order valence-corrected chi connectivity index (χ4v) is 1.77. The average Bonchev–Trinajstić information content (AvgIpc) is 2.70. The molecule has 0 fully saturated rings. The fourth-order valence-electron chi connectivity index (χ4n) is 1.77. The summed E-state index contributed by atoms with van der Waals surface area (Å²) in [7, 11) is 0. The third-order valence-corrected chi connectivity index (χ3v) is 2.68. The Morgan fingerprint density at radius 2 is 2.00 bits per heavy atom. The molecule has 4 nitrogen and oxygen atoms in total. The van der Waals surface area contributed by atoms with Crippen LogP contribution in [0.5, 0.6) is 0 Å². The highest BCUT2D eigenvalue weighted by molar-refractivity contribution is 6.34. The molecule has 1 heterocycles. The van der Waals surface area contributed by atoms with Gasteiger partial charge in [0, 0.05) is 23.0 Å². The van der Waals surface area contributed by atoms with E-state index in [1.807, 2.05) is 24.3 Å². The maximum absolute atomic E-state index is 11.3. The largest absolute Gasteiger partial charge is 0.542 e. The monoisotopic (exact) mass is 216 g/mol. The van der Waals surface area contributed by atoms with Crippen molar-refractivity contribution in [1.29, 1.82) is 0 Å². The van der Waals surface area contributed by atoms with Crippen molar-refractivity contribution < 1.29 is 14.7 Å². The van der Waals surface area contributed by atoms with Crippen LogP contribution in [0.25, 0.3) is 10.9 Å². The topological polar surface area (TPSA) is 73.0 Å². The molecule has 0 radical (unpaired) electrons. The van der Waals surface area contributed by atoms with Crippen molar-refractivity contribution in [3.8, 4) is 0 Å². The number of hydrogen-bond acceptors (Lipinski definition) is 3. The van der Waals surface area contributed by atoms with E-state index < -0.39 is 17.7 Å². The van der Waals surface area contributed by atoms with Crippen LogP contribution in [0.1, 0.15) is 18.4 Å². The first-order valence-corrected chi connectivity index (χ1v) is 4.92. The van der Waals surface area contributed by atoms with Gasteiger partial charge >= 0.3 is 0 Å². The van der Waals surface area contributed by atoms with Crippen LogP contribution in [0.3, 0.4) is 0 Å². The Balaban J connectivity index is 2.48. The molecule has 0 aliphatic carbocycles. The summed E-state index contributed by atoms with van der Waals surface area (Å²) in [4.78, 5) is 24.8. The third-order valence-electron chi connectivity index (χ3n) is 2.68. The molecule has 1 atom stereocenters. The molecule has 0 saturated carbocycles. The van der Waals surface area contributed by atoms with E-state index in [-0.39, 0.29) is 0 Å². The lowest BCUT2D eigenvalue weighted by atomic mass is 9.96. The second-order valence-corrected chi connectivity index (χ2v) is 3.66. The number of aromatic amines is 1. The SMILES string of the molecule is C[C@H](C(=O)C(=O)[O-])c1c[nH]c2ccccc12. The van der Waals surface area contributed by atoms with Crippen molar-refractivity contribution in [2.45, 2.75) is 12.8 Å². The lowest BCUT2D eigenvalue weighted by Gasteiger charge is -2.09. The van der Waals surface area contributed by atoms with Crippen LogP contribution in [0, 0.1) is 0 Å². The van der Waals surface area contributed by atoms with E-state index in [0.717, 1.165) is 10.9 Å². The van der Waals surface area contributed by atoms with Gasteiger partial charge in [0.15, 0.2) is 5.78 Å². The molecule has 0 spiro atoms. The van der Waals surface area contributed by atoms with E-state index in [4.69, 9.17) is 0 Å². The van der Waals surface area contributed by atoms with Gasteiger partial charge in [0.05, 0.1) is 0 Å². The number of H-pyrrole nitrogens is 1. The van der Waals surface area contributed by atoms with Crippen LogP contribution in [-0.4, -0.2) is 16.7 Å². The zero-order valence-electron chi connectivity index (χ0n) is 8.69.